The van der Waals surface area contributed by atoms with Crippen molar-refractivity contribution in [1.29, 1.82) is 0 Å². The smallest absolute Gasteiger partial charge is 0.407 e. The molecule has 0 aromatic carbocycles. The molecule has 1 fully saturated rings. The third-order valence-electron chi connectivity index (χ3n) is 4.39. The van der Waals surface area contributed by atoms with Crippen LogP contribution in [0.2, 0.25) is 0 Å². The number of nitrogens with zero attached hydrogens (tertiary/aromatic N) is 2. The Labute approximate surface area is 159 Å². The fourth-order valence-corrected chi connectivity index (χ4v) is 2.81. The number of hydrogen-bond donors (Lipinski definition) is 3. The molecule has 0 radical (unpaired) electrons. The van der Waals surface area contributed by atoms with E-state index in [2.05, 4.69) is 34.7 Å². The number of alkyl carbamates (subject to hydrolysis) is 1. The summed E-state index contributed by atoms with van der Waals surface area (Å²) < 4.78 is 5.22. The van der Waals surface area contributed by atoms with Crippen molar-refractivity contribution in [3.63, 3.8) is 0 Å². The third kappa shape index (κ3) is 9.85. The Kier molecular flexibility index (Phi) is 9.76. The Bertz CT molecular complexity index is 440. The van der Waals surface area contributed by atoms with Crippen LogP contribution in [0.1, 0.15) is 54.4 Å². The summed E-state index contributed by atoms with van der Waals surface area (Å²) >= 11 is 0. The molecule has 1 atom stereocenters. The molecule has 0 spiro atoms. The van der Waals surface area contributed by atoms with Crippen LogP contribution in [0.4, 0.5) is 4.79 Å². The van der Waals surface area contributed by atoms with Gasteiger partial charge in [-0.25, -0.2) is 4.79 Å². The van der Waals surface area contributed by atoms with E-state index in [4.69, 9.17) is 9.73 Å². The van der Waals surface area contributed by atoms with E-state index in [1.165, 1.54) is 25.9 Å². The van der Waals surface area contributed by atoms with Gasteiger partial charge in [-0.2, -0.15) is 0 Å². The van der Waals surface area contributed by atoms with Crippen molar-refractivity contribution < 1.29 is 9.53 Å². The molecule has 1 heterocycles. The third-order valence-corrected chi connectivity index (χ3v) is 4.39. The van der Waals surface area contributed by atoms with Crippen LogP contribution < -0.4 is 16.0 Å². The number of hydrogen-bond acceptors (Lipinski definition) is 4. The topological polar surface area (TPSA) is 78.0 Å². The minimum absolute atomic E-state index is 0.394. The highest BCUT2D eigenvalue weighted by molar-refractivity contribution is 5.79. The molecule has 1 aliphatic heterocycles. The van der Waals surface area contributed by atoms with E-state index < -0.39 is 11.7 Å². The Morgan fingerprint density at radius 2 is 1.81 bits per heavy atom. The van der Waals surface area contributed by atoms with Crippen molar-refractivity contribution in [3.8, 4) is 0 Å². The maximum absolute atomic E-state index is 11.6. The first kappa shape index (κ1) is 22.5. The van der Waals surface area contributed by atoms with Gasteiger partial charge in [0.15, 0.2) is 5.96 Å². The molecule has 7 nitrogen and oxygen atoms in total. The largest absolute Gasteiger partial charge is 0.444 e. The number of carbonyl (C=O) groups is 1. The summed E-state index contributed by atoms with van der Waals surface area (Å²) in [6.45, 7) is 17.2. The summed E-state index contributed by atoms with van der Waals surface area (Å²) in [5, 5.41) is 9.25. The zero-order chi connectivity index (χ0) is 19.6. The van der Waals surface area contributed by atoms with Crippen LogP contribution in [-0.2, 0) is 4.74 Å². The predicted octanol–water partition coefficient (Wildman–Crippen LogP) is 2.19. The summed E-state index contributed by atoms with van der Waals surface area (Å²) in [6.07, 6.45) is 2.17. The summed E-state index contributed by atoms with van der Waals surface area (Å²) in [5.41, 5.74) is -0.476. The van der Waals surface area contributed by atoms with Crippen molar-refractivity contribution in [2.75, 3.05) is 39.3 Å². The number of carbonyl (C=O) groups excluding carboxylic acids is 1. The van der Waals surface area contributed by atoms with Gasteiger partial charge in [0, 0.05) is 25.7 Å². The van der Waals surface area contributed by atoms with E-state index in [1.54, 1.807) is 0 Å². The van der Waals surface area contributed by atoms with Crippen molar-refractivity contribution >= 4 is 12.1 Å². The lowest BCUT2D eigenvalue weighted by Crippen LogP contribution is -2.44. The van der Waals surface area contributed by atoms with Crippen LogP contribution in [-0.4, -0.2) is 67.9 Å². The highest BCUT2D eigenvalue weighted by Crippen LogP contribution is 2.17. The maximum Gasteiger partial charge on any atom is 0.407 e. The lowest BCUT2D eigenvalue weighted by atomic mass is 9.98. The normalized spacial score (nSPS) is 18.3. The van der Waals surface area contributed by atoms with Crippen molar-refractivity contribution in [2.24, 2.45) is 10.9 Å². The standard InChI is InChI=1S/C19H39N5O2/c1-7-20-17(21-10-11-22-18(25)26-19(4,5)6)23-14-16(3)24-12-8-15(2)9-13-24/h15-16H,7-14H2,1-6H3,(H,22,25)(H2,20,21,23). The van der Waals surface area contributed by atoms with Gasteiger partial charge in [0.25, 0.3) is 0 Å². The minimum atomic E-state index is -0.476. The molecule has 0 aromatic rings. The molecule has 7 heteroatoms. The van der Waals surface area contributed by atoms with Crippen molar-refractivity contribution in [1.82, 2.24) is 20.9 Å². The van der Waals surface area contributed by atoms with Crippen LogP contribution in [0.15, 0.2) is 4.99 Å². The van der Waals surface area contributed by atoms with Gasteiger partial charge in [-0.1, -0.05) is 6.92 Å². The predicted molar refractivity (Wildman–Crippen MR) is 108 cm³/mol. The molecular weight excluding hydrogens is 330 g/mol. The fraction of sp³-hybridized carbons (Fsp3) is 0.895. The molecule has 1 saturated heterocycles. The van der Waals surface area contributed by atoms with Gasteiger partial charge in [-0.3, -0.25) is 9.89 Å². The summed E-state index contributed by atoms with van der Waals surface area (Å²) in [7, 11) is 0. The first-order valence-corrected chi connectivity index (χ1v) is 9.94. The van der Waals surface area contributed by atoms with Crippen LogP contribution in [0.5, 0.6) is 0 Å². The highest BCUT2D eigenvalue weighted by Gasteiger charge is 2.20. The SMILES string of the molecule is CCNC(=NCC(C)N1CCC(C)CC1)NCCNC(=O)OC(C)(C)C. The number of ether oxygens (including phenoxy) is 1. The van der Waals surface area contributed by atoms with E-state index in [1.807, 2.05) is 27.7 Å². The second-order valence-corrected chi connectivity index (χ2v) is 8.14. The molecule has 3 N–H and O–H groups in total. The molecule has 0 bridgehead atoms. The van der Waals surface area contributed by atoms with Gasteiger partial charge < -0.3 is 20.7 Å². The van der Waals surface area contributed by atoms with Crippen LogP contribution in [0.3, 0.4) is 0 Å². The Hall–Kier alpha value is -1.50. The van der Waals surface area contributed by atoms with Gasteiger partial charge in [-0.15, -0.1) is 0 Å². The molecule has 1 unspecified atom stereocenters. The van der Waals surface area contributed by atoms with Crippen LogP contribution >= 0.6 is 0 Å². The fourth-order valence-electron chi connectivity index (χ4n) is 2.81. The lowest BCUT2D eigenvalue weighted by Gasteiger charge is -2.34. The van der Waals surface area contributed by atoms with Gasteiger partial charge in [0.05, 0.1) is 6.54 Å². The number of piperidine rings is 1. The molecule has 1 rings (SSSR count). The zero-order valence-corrected chi connectivity index (χ0v) is 17.5. The second kappa shape index (κ2) is 11.3. The molecule has 1 aliphatic rings. The quantitative estimate of drug-likeness (QED) is 0.364. The number of amides is 1. The summed E-state index contributed by atoms with van der Waals surface area (Å²) in [6, 6.07) is 0.442. The molecule has 152 valence electrons. The monoisotopic (exact) mass is 369 g/mol. The number of rotatable bonds is 7. The molecule has 0 aromatic heterocycles. The molecule has 0 saturated carbocycles. The zero-order valence-electron chi connectivity index (χ0n) is 17.5. The first-order valence-electron chi connectivity index (χ1n) is 9.94. The lowest BCUT2D eigenvalue weighted by molar-refractivity contribution is 0.0529. The second-order valence-electron chi connectivity index (χ2n) is 8.14. The van der Waals surface area contributed by atoms with E-state index in [0.29, 0.717) is 19.1 Å². The van der Waals surface area contributed by atoms with E-state index in [-0.39, 0.29) is 0 Å². The van der Waals surface area contributed by atoms with Crippen molar-refractivity contribution in [3.05, 3.63) is 0 Å². The van der Waals surface area contributed by atoms with Gasteiger partial charge in [-0.05, 0) is 66.5 Å². The number of likely N-dealkylation sites (tertiary alicyclic amines) is 1. The minimum Gasteiger partial charge on any atom is -0.444 e. The molecule has 0 aliphatic carbocycles. The molecular formula is C19H39N5O2. The number of aliphatic imine (C=N–C) groups is 1. The van der Waals surface area contributed by atoms with Crippen LogP contribution in [0, 0.1) is 5.92 Å². The Morgan fingerprint density at radius 3 is 2.38 bits per heavy atom. The average Bonchev–Trinajstić information content (AvgIpc) is 2.55. The van der Waals surface area contributed by atoms with Gasteiger partial charge in [0.1, 0.15) is 5.60 Å². The summed E-state index contributed by atoms with van der Waals surface area (Å²) in [5.74, 6) is 1.63. The molecule has 26 heavy (non-hydrogen) atoms. The Morgan fingerprint density at radius 1 is 1.19 bits per heavy atom. The number of nitrogens with one attached hydrogen (secondary N) is 3. The number of guanidine groups is 1. The maximum atomic E-state index is 11.6. The Balaban J connectivity index is 2.33. The highest BCUT2D eigenvalue weighted by atomic mass is 16.6. The average molecular weight is 370 g/mol. The van der Waals surface area contributed by atoms with E-state index in [9.17, 15) is 4.79 Å². The van der Waals surface area contributed by atoms with Crippen molar-refractivity contribution in [2.45, 2.75) is 66.0 Å². The van der Waals surface area contributed by atoms with Crippen LogP contribution in [0.25, 0.3) is 0 Å². The van der Waals surface area contributed by atoms with Gasteiger partial charge >= 0.3 is 6.09 Å². The van der Waals surface area contributed by atoms with Gasteiger partial charge in [0.2, 0.25) is 0 Å². The summed E-state index contributed by atoms with van der Waals surface area (Å²) in [4.78, 5) is 18.8. The van der Waals surface area contributed by atoms with E-state index in [0.717, 1.165) is 25.0 Å². The van der Waals surface area contributed by atoms with E-state index >= 15 is 0 Å². The first-order chi connectivity index (χ1) is 12.2. The molecule has 1 amide bonds.